The number of H-pyrrole nitrogens is 1. The molecule has 0 bridgehead atoms. The third-order valence-corrected chi connectivity index (χ3v) is 4.12. The molecule has 1 N–H and O–H groups in total. The summed E-state index contributed by atoms with van der Waals surface area (Å²) in [6.07, 6.45) is 0. The number of rotatable bonds is 5. The van der Waals surface area contributed by atoms with Crippen molar-refractivity contribution in [3.05, 3.63) is 35.2 Å². The Morgan fingerprint density at radius 1 is 1.36 bits per heavy atom. The van der Waals surface area contributed by atoms with Gasteiger partial charge >= 0.3 is 0 Å². The smallest absolute Gasteiger partial charge is 0.208 e. The number of carbonyl (C=O) groups excluding carboxylic acids is 1. The number of methoxy groups -OCH3 is 1. The van der Waals surface area contributed by atoms with Crippen molar-refractivity contribution in [2.45, 2.75) is 44.0 Å². The average molecular weight is 319 g/mol. The maximum atomic E-state index is 11.5. The quantitative estimate of drug-likeness (QED) is 0.673. The molecular formula is C16H21N3O2S. The highest BCUT2D eigenvalue weighted by atomic mass is 32.2. The van der Waals surface area contributed by atoms with Gasteiger partial charge in [0.15, 0.2) is 5.78 Å². The van der Waals surface area contributed by atoms with E-state index < -0.39 is 0 Å². The molecule has 5 nitrogen and oxygen atoms in total. The number of carbonyl (C=O) groups is 1. The Morgan fingerprint density at radius 2 is 2.09 bits per heavy atom. The molecule has 0 amide bonds. The van der Waals surface area contributed by atoms with Crippen LogP contribution in [0.3, 0.4) is 0 Å². The lowest BCUT2D eigenvalue weighted by atomic mass is 9.96. The molecule has 0 fully saturated rings. The summed E-state index contributed by atoms with van der Waals surface area (Å²) in [5.41, 5.74) is 1.59. The van der Waals surface area contributed by atoms with Gasteiger partial charge in [-0.15, -0.1) is 5.10 Å². The number of thioether (sulfide) groups is 1. The molecule has 0 atom stereocenters. The fourth-order valence-electron chi connectivity index (χ4n) is 1.90. The second-order valence-electron chi connectivity index (χ2n) is 6.09. The van der Waals surface area contributed by atoms with E-state index in [0.29, 0.717) is 16.5 Å². The molecule has 22 heavy (non-hydrogen) atoms. The van der Waals surface area contributed by atoms with Crippen molar-refractivity contribution in [1.82, 2.24) is 15.2 Å². The van der Waals surface area contributed by atoms with Gasteiger partial charge in [-0.25, -0.2) is 4.98 Å². The first-order chi connectivity index (χ1) is 10.3. The molecule has 0 saturated carbocycles. The van der Waals surface area contributed by atoms with Crippen LogP contribution in [-0.2, 0) is 11.2 Å². The van der Waals surface area contributed by atoms with Crippen LogP contribution in [0, 0.1) is 0 Å². The number of benzene rings is 1. The number of aromatic nitrogens is 3. The van der Waals surface area contributed by atoms with E-state index in [0.717, 1.165) is 17.1 Å². The van der Waals surface area contributed by atoms with E-state index in [2.05, 4.69) is 36.0 Å². The zero-order valence-electron chi connectivity index (χ0n) is 13.6. The number of Topliss-reactive ketones (excluding diaryl/α,β-unsaturated/α-hetero) is 1. The first kappa shape index (κ1) is 16.5. The second-order valence-corrected chi connectivity index (χ2v) is 7.03. The number of nitrogens with zero attached hydrogens (tertiary/aromatic N) is 2. The van der Waals surface area contributed by atoms with Crippen LogP contribution >= 0.6 is 11.8 Å². The Labute approximate surface area is 134 Å². The van der Waals surface area contributed by atoms with Crippen LogP contribution in [0.4, 0.5) is 0 Å². The number of ketones is 1. The number of hydrogen-bond donors (Lipinski definition) is 1. The highest BCUT2D eigenvalue weighted by molar-refractivity contribution is 7.98. The molecule has 0 aliphatic carbocycles. The van der Waals surface area contributed by atoms with Gasteiger partial charge in [0.1, 0.15) is 11.6 Å². The Balaban J connectivity index is 2.15. The Kier molecular flexibility index (Phi) is 4.90. The van der Waals surface area contributed by atoms with Crippen molar-refractivity contribution in [2.75, 3.05) is 7.11 Å². The SMILES string of the molecule is COc1ccc(C(C)=O)cc1CSc1n[nH]c(C(C)(C)C)n1. The van der Waals surface area contributed by atoms with Gasteiger partial charge in [0.05, 0.1) is 7.11 Å². The topological polar surface area (TPSA) is 67.9 Å². The highest BCUT2D eigenvalue weighted by Gasteiger charge is 2.19. The number of ether oxygens (including phenoxy) is 1. The van der Waals surface area contributed by atoms with Crippen LogP contribution in [0.5, 0.6) is 5.75 Å². The van der Waals surface area contributed by atoms with Crippen molar-refractivity contribution < 1.29 is 9.53 Å². The van der Waals surface area contributed by atoms with E-state index in [4.69, 9.17) is 4.74 Å². The van der Waals surface area contributed by atoms with Gasteiger partial charge in [-0.05, 0) is 25.1 Å². The summed E-state index contributed by atoms with van der Waals surface area (Å²) >= 11 is 1.52. The average Bonchev–Trinajstić information content (AvgIpc) is 2.93. The maximum absolute atomic E-state index is 11.5. The Bertz CT molecular complexity index is 674. The number of aromatic amines is 1. The molecule has 0 radical (unpaired) electrons. The van der Waals surface area contributed by atoms with Gasteiger partial charge in [-0.1, -0.05) is 32.5 Å². The van der Waals surface area contributed by atoms with Crippen LogP contribution in [-0.4, -0.2) is 28.1 Å². The third-order valence-electron chi connectivity index (χ3n) is 3.22. The summed E-state index contributed by atoms with van der Waals surface area (Å²) < 4.78 is 5.35. The molecule has 0 saturated heterocycles. The monoisotopic (exact) mass is 319 g/mol. The minimum Gasteiger partial charge on any atom is -0.496 e. The van der Waals surface area contributed by atoms with Gasteiger partial charge < -0.3 is 4.74 Å². The lowest BCUT2D eigenvalue weighted by molar-refractivity contribution is 0.101. The molecule has 6 heteroatoms. The Morgan fingerprint density at radius 3 is 2.64 bits per heavy atom. The summed E-state index contributed by atoms with van der Waals surface area (Å²) in [6, 6.07) is 5.47. The molecule has 0 aliphatic heterocycles. The first-order valence-corrected chi connectivity index (χ1v) is 8.03. The van der Waals surface area contributed by atoms with Crippen LogP contribution < -0.4 is 4.74 Å². The van der Waals surface area contributed by atoms with Crippen LogP contribution in [0.1, 0.15) is 49.4 Å². The van der Waals surface area contributed by atoms with E-state index in [-0.39, 0.29) is 11.2 Å². The molecule has 2 rings (SSSR count). The lowest BCUT2D eigenvalue weighted by Crippen LogP contribution is -2.13. The van der Waals surface area contributed by atoms with Crippen LogP contribution in [0.2, 0.25) is 0 Å². The summed E-state index contributed by atoms with van der Waals surface area (Å²) in [5, 5.41) is 7.90. The van der Waals surface area contributed by atoms with Gasteiger partial charge in [0, 0.05) is 22.3 Å². The van der Waals surface area contributed by atoms with Gasteiger partial charge in [-0.3, -0.25) is 9.89 Å². The van der Waals surface area contributed by atoms with E-state index in [1.807, 2.05) is 12.1 Å². The fraction of sp³-hybridized carbons (Fsp3) is 0.438. The minimum atomic E-state index is -0.0575. The zero-order chi connectivity index (χ0) is 16.3. The molecular weight excluding hydrogens is 298 g/mol. The molecule has 0 spiro atoms. The number of hydrogen-bond acceptors (Lipinski definition) is 5. The predicted molar refractivity (Wildman–Crippen MR) is 87.6 cm³/mol. The second kappa shape index (κ2) is 6.52. The van der Waals surface area contributed by atoms with Crippen molar-refractivity contribution in [3.8, 4) is 5.75 Å². The van der Waals surface area contributed by atoms with E-state index in [1.54, 1.807) is 20.1 Å². The summed E-state index contributed by atoms with van der Waals surface area (Å²) in [5.74, 6) is 2.32. The molecule has 1 aromatic heterocycles. The number of nitrogens with one attached hydrogen (secondary N) is 1. The third kappa shape index (κ3) is 3.88. The van der Waals surface area contributed by atoms with E-state index in [1.165, 1.54) is 11.8 Å². The van der Waals surface area contributed by atoms with Crippen molar-refractivity contribution >= 4 is 17.5 Å². The summed E-state index contributed by atoms with van der Waals surface area (Å²) in [4.78, 5) is 16.0. The largest absolute Gasteiger partial charge is 0.496 e. The highest BCUT2D eigenvalue weighted by Crippen LogP contribution is 2.28. The lowest BCUT2D eigenvalue weighted by Gasteiger charge is -2.12. The van der Waals surface area contributed by atoms with Crippen LogP contribution in [0.15, 0.2) is 23.4 Å². The van der Waals surface area contributed by atoms with E-state index >= 15 is 0 Å². The van der Waals surface area contributed by atoms with E-state index in [9.17, 15) is 4.79 Å². The molecule has 118 valence electrons. The molecule has 0 aliphatic rings. The molecule has 1 heterocycles. The molecule has 0 unspecified atom stereocenters. The van der Waals surface area contributed by atoms with Gasteiger partial charge in [-0.2, -0.15) is 0 Å². The first-order valence-electron chi connectivity index (χ1n) is 7.05. The predicted octanol–water partition coefficient (Wildman–Crippen LogP) is 3.61. The fourth-order valence-corrected chi connectivity index (χ4v) is 2.68. The Hall–Kier alpha value is -1.82. The normalized spacial score (nSPS) is 11.5. The molecule has 1 aromatic carbocycles. The van der Waals surface area contributed by atoms with Crippen molar-refractivity contribution in [2.24, 2.45) is 0 Å². The summed E-state index contributed by atoms with van der Waals surface area (Å²) in [6.45, 7) is 7.81. The van der Waals surface area contributed by atoms with Crippen molar-refractivity contribution in [3.63, 3.8) is 0 Å². The van der Waals surface area contributed by atoms with Crippen LogP contribution in [0.25, 0.3) is 0 Å². The van der Waals surface area contributed by atoms with Crippen molar-refractivity contribution in [1.29, 1.82) is 0 Å². The zero-order valence-corrected chi connectivity index (χ0v) is 14.4. The minimum absolute atomic E-state index is 0.0433. The van der Waals surface area contributed by atoms with Gasteiger partial charge in [0.25, 0.3) is 0 Å². The maximum Gasteiger partial charge on any atom is 0.208 e. The van der Waals surface area contributed by atoms with Gasteiger partial charge in [0.2, 0.25) is 5.16 Å². The summed E-state index contributed by atoms with van der Waals surface area (Å²) in [7, 11) is 1.63. The molecule has 2 aromatic rings. The standard InChI is InChI=1S/C16H21N3O2S/c1-10(20)11-6-7-13(21-5)12(8-11)9-22-15-17-14(18-19-15)16(2,3)4/h6-8H,9H2,1-5H3,(H,17,18,19).